The SMILES string of the molecule is Cn1c(Nc2c(F)cccc2Cl)nc2c3nccnc3c(C(=O)Nc3cccc(C(F)(F)F)c3)cc21. The molecule has 2 aromatic heterocycles. The molecule has 182 valence electrons. The number of hydrogen-bond acceptors (Lipinski definition) is 5. The number of fused-ring (bicyclic) bond motifs is 3. The number of anilines is 3. The highest BCUT2D eigenvalue weighted by Gasteiger charge is 2.30. The average Bonchev–Trinajstić information content (AvgIpc) is 3.16. The maximum atomic E-state index is 14.3. The minimum atomic E-state index is -4.56. The first-order valence-electron chi connectivity index (χ1n) is 10.4. The molecular formula is C24H15ClF4N6O. The van der Waals surface area contributed by atoms with Crippen LogP contribution in [-0.2, 0) is 13.2 Å². The molecule has 5 aromatic rings. The molecule has 0 fully saturated rings. The van der Waals surface area contributed by atoms with Gasteiger partial charge in [0.25, 0.3) is 5.91 Å². The molecule has 0 radical (unpaired) electrons. The second kappa shape index (κ2) is 8.76. The Balaban J connectivity index is 1.60. The number of aryl methyl sites for hydroxylation is 1. The van der Waals surface area contributed by atoms with Crippen molar-refractivity contribution in [3.8, 4) is 0 Å². The van der Waals surface area contributed by atoms with E-state index in [0.717, 1.165) is 12.1 Å². The van der Waals surface area contributed by atoms with Gasteiger partial charge in [0.1, 0.15) is 22.4 Å². The van der Waals surface area contributed by atoms with E-state index in [0.29, 0.717) is 11.0 Å². The van der Waals surface area contributed by atoms with Gasteiger partial charge in [-0.3, -0.25) is 14.8 Å². The Hall–Kier alpha value is -4.25. The van der Waals surface area contributed by atoms with Gasteiger partial charge >= 0.3 is 6.18 Å². The molecule has 0 bridgehead atoms. The summed E-state index contributed by atoms with van der Waals surface area (Å²) in [6.45, 7) is 0. The van der Waals surface area contributed by atoms with Crippen molar-refractivity contribution in [1.29, 1.82) is 0 Å². The zero-order chi connectivity index (χ0) is 25.6. The van der Waals surface area contributed by atoms with Crippen LogP contribution in [0.2, 0.25) is 5.02 Å². The molecule has 12 heteroatoms. The largest absolute Gasteiger partial charge is 0.416 e. The van der Waals surface area contributed by atoms with E-state index in [9.17, 15) is 22.4 Å². The van der Waals surface area contributed by atoms with Gasteiger partial charge < -0.3 is 15.2 Å². The molecule has 0 unspecified atom stereocenters. The number of benzene rings is 3. The van der Waals surface area contributed by atoms with Crippen molar-refractivity contribution in [2.24, 2.45) is 7.05 Å². The molecule has 0 spiro atoms. The molecule has 7 nitrogen and oxygen atoms in total. The summed E-state index contributed by atoms with van der Waals surface area (Å²) in [4.78, 5) is 26.2. The van der Waals surface area contributed by atoms with Crippen LogP contribution in [-0.4, -0.2) is 25.4 Å². The van der Waals surface area contributed by atoms with Crippen molar-refractivity contribution in [2.75, 3.05) is 10.6 Å². The number of amides is 1. The average molecular weight is 515 g/mol. The predicted molar refractivity (Wildman–Crippen MR) is 128 cm³/mol. The van der Waals surface area contributed by atoms with Gasteiger partial charge in [0, 0.05) is 25.1 Å². The fourth-order valence-corrected chi connectivity index (χ4v) is 3.96. The standard InChI is InChI=1S/C24H15ClF4N6O/c1-35-17-11-14(22(36)32-13-5-2-4-12(10-13)24(27,28)29)18-21(31-9-8-30-18)20(17)34-23(35)33-19-15(25)6-3-7-16(19)26/h2-11H,1H3,(H,32,36)(H,33,34). The van der Waals surface area contributed by atoms with Crippen LogP contribution in [0.1, 0.15) is 15.9 Å². The van der Waals surface area contributed by atoms with E-state index in [-0.39, 0.29) is 38.9 Å². The van der Waals surface area contributed by atoms with E-state index in [2.05, 4.69) is 25.6 Å². The molecule has 0 saturated carbocycles. The number of nitrogens with zero attached hydrogens (tertiary/aromatic N) is 4. The lowest BCUT2D eigenvalue weighted by Crippen LogP contribution is -2.14. The van der Waals surface area contributed by atoms with Gasteiger partial charge in [-0.2, -0.15) is 13.2 Å². The number of carbonyl (C=O) groups is 1. The lowest BCUT2D eigenvalue weighted by molar-refractivity contribution is -0.137. The highest BCUT2D eigenvalue weighted by Crippen LogP contribution is 2.33. The molecule has 2 N–H and O–H groups in total. The van der Waals surface area contributed by atoms with Crippen molar-refractivity contribution in [1.82, 2.24) is 19.5 Å². The van der Waals surface area contributed by atoms with E-state index in [1.807, 2.05) is 0 Å². The van der Waals surface area contributed by atoms with Crippen LogP contribution in [0, 0.1) is 5.82 Å². The van der Waals surface area contributed by atoms with E-state index in [4.69, 9.17) is 11.6 Å². The van der Waals surface area contributed by atoms with E-state index in [1.54, 1.807) is 11.6 Å². The van der Waals surface area contributed by atoms with Crippen LogP contribution in [0.3, 0.4) is 0 Å². The number of halogens is 5. The van der Waals surface area contributed by atoms with Crippen LogP contribution >= 0.6 is 11.6 Å². The summed E-state index contributed by atoms with van der Waals surface area (Å²) in [5.74, 6) is -1.05. The Bertz CT molecular complexity index is 1630. The summed E-state index contributed by atoms with van der Waals surface area (Å²) in [6.07, 6.45) is -1.75. The van der Waals surface area contributed by atoms with Gasteiger partial charge in [0.05, 0.1) is 27.4 Å². The third kappa shape index (κ3) is 4.17. The summed E-state index contributed by atoms with van der Waals surface area (Å²) < 4.78 is 55.2. The summed E-state index contributed by atoms with van der Waals surface area (Å²) in [7, 11) is 1.64. The first-order chi connectivity index (χ1) is 17.1. The lowest BCUT2D eigenvalue weighted by atomic mass is 10.1. The second-order valence-corrected chi connectivity index (χ2v) is 8.20. The molecule has 0 atom stereocenters. The fourth-order valence-electron chi connectivity index (χ4n) is 3.75. The Labute approximate surface area is 205 Å². The van der Waals surface area contributed by atoms with Crippen molar-refractivity contribution in [3.63, 3.8) is 0 Å². The fraction of sp³-hybridized carbons (Fsp3) is 0.0833. The van der Waals surface area contributed by atoms with Gasteiger partial charge in [-0.05, 0) is 36.4 Å². The molecule has 36 heavy (non-hydrogen) atoms. The molecule has 0 aliphatic carbocycles. The maximum absolute atomic E-state index is 14.3. The van der Waals surface area contributed by atoms with Crippen molar-refractivity contribution in [2.45, 2.75) is 6.18 Å². The Kier molecular flexibility index (Phi) is 5.71. The van der Waals surface area contributed by atoms with E-state index >= 15 is 0 Å². The number of hydrogen-bond donors (Lipinski definition) is 2. The quantitative estimate of drug-likeness (QED) is 0.274. The monoisotopic (exact) mass is 514 g/mol. The number of para-hydroxylation sites is 1. The van der Waals surface area contributed by atoms with Gasteiger partial charge in [-0.25, -0.2) is 9.37 Å². The minimum absolute atomic E-state index is 0.0236. The summed E-state index contributed by atoms with van der Waals surface area (Å²) in [5.41, 5.74) is 0.480. The number of aromatic nitrogens is 4. The number of rotatable bonds is 4. The van der Waals surface area contributed by atoms with Gasteiger partial charge in [-0.15, -0.1) is 0 Å². The normalized spacial score (nSPS) is 11.7. The molecule has 5 rings (SSSR count). The highest BCUT2D eigenvalue weighted by atomic mass is 35.5. The van der Waals surface area contributed by atoms with Crippen LogP contribution in [0.5, 0.6) is 0 Å². The van der Waals surface area contributed by atoms with E-state index < -0.39 is 23.5 Å². The summed E-state index contributed by atoms with van der Waals surface area (Å²) >= 11 is 6.12. The summed E-state index contributed by atoms with van der Waals surface area (Å²) in [6, 6.07) is 10.0. The third-order valence-corrected chi connectivity index (χ3v) is 5.81. The first kappa shape index (κ1) is 23.5. The lowest BCUT2D eigenvalue weighted by Gasteiger charge is -2.11. The Morgan fingerprint density at radius 2 is 1.72 bits per heavy atom. The van der Waals surface area contributed by atoms with Crippen molar-refractivity contribution in [3.05, 3.63) is 82.9 Å². The zero-order valence-electron chi connectivity index (χ0n) is 18.4. The first-order valence-corrected chi connectivity index (χ1v) is 10.8. The predicted octanol–water partition coefficient (Wildman–Crippen LogP) is 6.32. The topological polar surface area (TPSA) is 84.7 Å². The Morgan fingerprint density at radius 1 is 1.00 bits per heavy atom. The molecule has 0 aliphatic heterocycles. The van der Waals surface area contributed by atoms with Crippen LogP contribution in [0.15, 0.2) is 60.9 Å². The second-order valence-electron chi connectivity index (χ2n) is 7.79. The molecular weight excluding hydrogens is 500 g/mol. The number of imidazole rings is 1. The zero-order valence-corrected chi connectivity index (χ0v) is 19.1. The summed E-state index contributed by atoms with van der Waals surface area (Å²) in [5, 5.41) is 5.50. The van der Waals surface area contributed by atoms with Crippen molar-refractivity contribution < 1.29 is 22.4 Å². The number of carbonyl (C=O) groups excluding carboxylic acids is 1. The van der Waals surface area contributed by atoms with Crippen molar-refractivity contribution >= 4 is 56.9 Å². The van der Waals surface area contributed by atoms with Crippen LogP contribution < -0.4 is 10.6 Å². The van der Waals surface area contributed by atoms with Gasteiger partial charge in [0.2, 0.25) is 5.95 Å². The molecule has 0 saturated heterocycles. The number of alkyl halides is 3. The van der Waals surface area contributed by atoms with Gasteiger partial charge in [0.15, 0.2) is 0 Å². The van der Waals surface area contributed by atoms with Gasteiger partial charge in [-0.1, -0.05) is 23.7 Å². The Morgan fingerprint density at radius 3 is 2.44 bits per heavy atom. The third-order valence-electron chi connectivity index (χ3n) is 5.49. The molecule has 2 heterocycles. The molecule has 3 aromatic carbocycles. The van der Waals surface area contributed by atoms with Crippen LogP contribution in [0.4, 0.5) is 34.9 Å². The van der Waals surface area contributed by atoms with Crippen LogP contribution in [0.25, 0.3) is 22.1 Å². The number of nitrogens with one attached hydrogen (secondary N) is 2. The molecule has 1 amide bonds. The minimum Gasteiger partial charge on any atom is -0.322 e. The van der Waals surface area contributed by atoms with E-state index in [1.165, 1.54) is 48.8 Å². The highest BCUT2D eigenvalue weighted by molar-refractivity contribution is 6.33. The maximum Gasteiger partial charge on any atom is 0.416 e. The smallest absolute Gasteiger partial charge is 0.322 e. The molecule has 0 aliphatic rings.